The molecule has 1 aromatic rings. The van der Waals surface area contributed by atoms with Crippen LogP contribution in [0, 0.1) is 11.3 Å². The van der Waals surface area contributed by atoms with Crippen LogP contribution < -0.4 is 4.90 Å². The lowest BCUT2D eigenvalue weighted by molar-refractivity contribution is 0.112. The molecule has 18 heavy (non-hydrogen) atoms. The van der Waals surface area contributed by atoms with Crippen LogP contribution in [0.5, 0.6) is 0 Å². The summed E-state index contributed by atoms with van der Waals surface area (Å²) >= 11 is 0. The van der Waals surface area contributed by atoms with E-state index < -0.39 is 0 Å². The Hall–Kier alpha value is -1.45. The molecule has 1 fully saturated rings. The summed E-state index contributed by atoms with van der Waals surface area (Å²) in [6.07, 6.45) is 6.32. The van der Waals surface area contributed by atoms with Gasteiger partial charge in [-0.2, -0.15) is 0 Å². The number of aromatic nitrogens is 2. The molecule has 0 aromatic carbocycles. The molecule has 1 aliphatic heterocycles. The fraction of sp³-hybridized carbons (Fsp3) is 0.643. The van der Waals surface area contributed by atoms with Gasteiger partial charge in [0, 0.05) is 25.5 Å². The minimum atomic E-state index is 0.383. The third-order valence-electron chi connectivity index (χ3n) is 3.80. The van der Waals surface area contributed by atoms with Crippen LogP contribution in [0.15, 0.2) is 12.4 Å². The second-order valence-electron chi connectivity index (χ2n) is 6.06. The van der Waals surface area contributed by atoms with Gasteiger partial charge < -0.3 is 4.90 Å². The Balaban J connectivity index is 1.98. The van der Waals surface area contributed by atoms with Crippen molar-refractivity contribution in [2.24, 2.45) is 11.3 Å². The highest BCUT2D eigenvalue weighted by Crippen LogP contribution is 2.34. The summed E-state index contributed by atoms with van der Waals surface area (Å²) in [4.78, 5) is 21.2. The molecule has 0 spiro atoms. The van der Waals surface area contributed by atoms with Crippen LogP contribution in [0.1, 0.15) is 44.0 Å². The van der Waals surface area contributed by atoms with Crippen molar-refractivity contribution < 1.29 is 4.79 Å². The summed E-state index contributed by atoms with van der Waals surface area (Å²) in [5, 5.41) is 0. The maximum absolute atomic E-state index is 10.6. The second-order valence-corrected chi connectivity index (χ2v) is 6.06. The number of carbonyl (C=O) groups excluding carboxylic acids is 1. The lowest BCUT2D eigenvalue weighted by atomic mass is 9.75. The fourth-order valence-corrected chi connectivity index (χ4v) is 2.50. The summed E-state index contributed by atoms with van der Waals surface area (Å²) in [7, 11) is 0. The zero-order chi connectivity index (χ0) is 13.2. The molecule has 4 nitrogen and oxygen atoms in total. The van der Waals surface area contributed by atoms with Gasteiger partial charge in [0.2, 0.25) is 5.95 Å². The van der Waals surface area contributed by atoms with E-state index in [9.17, 15) is 4.79 Å². The lowest BCUT2D eigenvalue weighted by Crippen LogP contribution is -2.38. The zero-order valence-electron chi connectivity index (χ0n) is 11.4. The monoisotopic (exact) mass is 247 g/mol. The van der Waals surface area contributed by atoms with E-state index >= 15 is 0 Å². The molecule has 0 radical (unpaired) electrons. The van der Waals surface area contributed by atoms with Crippen LogP contribution >= 0.6 is 0 Å². The number of hydrogen-bond acceptors (Lipinski definition) is 4. The minimum absolute atomic E-state index is 0.383. The zero-order valence-corrected chi connectivity index (χ0v) is 11.4. The van der Waals surface area contributed by atoms with Gasteiger partial charge in [-0.05, 0) is 24.2 Å². The standard InChI is InChI=1S/C14H21N3O/c1-14(2,3)12-4-6-17(7-5-12)13-15-8-11(10-18)9-16-13/h8-10,12H,4-7H2,1-3H3. The molecular formula is C14H21N3O. The first-order valence-corrected chi connectivity index (χ1v) is 6.53. The molecule has 2 heterocycles. The number of carbonyl (C=O) groups is 1. The molecule has 2 rings (SSSR count). The van der Waals surface area contributed by atoms with Gasteiger partial charge in [0.05, 0.1) is 5.56 Å². The molecule has 0 N–H and O–H groups in total. The predicted octanol–water partition coefficient (Wildman–Crippen LogP) is 2.55. The maximum Gasteiger partial charge on any atom is 0.225 e. The third kappa shape index (κ3) is 2.86. The molecule has 0 amide bonds. The average molecular weight is 247 g/mol. The number of rotatable bonds is 2. The average Bonchev–Trinajstić information content (AvgIpc) is 2.38. The Bertz CT molecular complexity index is 400. The summed E-state index contributed by atoms with van der Waals surface area (Å²) in [5.74, 6) is 1.51. The molecule has 1 aromatic heterocycles. The smallest absolute Gasteiger partial charge is 0.225 e. The van der Waals surface area contributed by atoms with Gasteiger partial charge >= 0.3 is 0 Å². The Labute approximate surface area is 108 Å². The van der Waals surface area contributed by atoms with Crippen molar-refractivity contribution in [3.05, 3.63) is 18.0 Å². The van der Waals surface area contributed by atoms with Crippen molar-refractivity contribution in [2.75, 3.05) is 18.0 Å². The Morgan fingerprint density at radius 2 is 1.78 bits per heavy atom. The molecule has 0 atom stereocenters. The first-order chi connectivity index (χ1) is 8.50. The number of piperidine rings is 1. The Morgan fingerprint density at radius 3 is 2.22 bits per heavy atom. The van der Waals surface area contributed by atoms with Crippen LogP contribution in [0.25, 0.3) is 0 Å². The quantitative estimate of drug-likeness (QED) is 0.753. The second kappa shape index (κ2) is 5.04. The molecule has 98 valence electrons. The largest absolute Gasteiger partial charge is 0.341 e. The van der Waals surface area contributed by atoms with E-state index in [1.54, 1.807) is 12.4 Å². The number of aldehydes is 1. The van der Waals surface area contributed by atoms with Gasteiger partial charge in [-0.3, -0.25) is 4.79 Å². The Morgan fingerprint density at radius 1 is 1.22 bits per heavy atom. The van der Waals surface area contributed by atoms with Crippen LogP contribution in [-0.2, 0) is 0 Å². The van der Waals surface area contributed by atoms with Crippen molar-refractivity contribution in [3.63, 3.8) is 0 Å². The topological polar surface area (TPSA) is 46.1 Å². The van der Waals surface area contributed by atoms with E-state index in [0.717, 1.165) is 31.2 Å². The first kappa shape index (κ1) is 13.0. The lowest BCUT2D eigenvalue weighted by Gasteiger charge is -2.38. The van der Waals surface area contributed by atoms with Crippen LogP contribution in [-0.4, -0.2) is 29.3 Å². The van der Waals surface area contributed by atoms with E-state index in [1.807, 2.05) is 0 Å². The summed E-state index contributed by atoms with van der Waals surface area (Å²) in [6, 6.07) is 0. The molecule has 4 heteroatoms. The molecule has 0 saturated carbocycles. The number of hydrogen-bond donors (Lipinski definition) is 0. The van der Waals surface area contributed by atoms with Crippen molar-refractivity contribution >= 4 is 12.2 Å². The molecule has 0 unspecified atom stereocenters. The SMILES string of the molecule is CC(C)(C)C1CCN(c2ncc(C=O)cn2)CC1. The third-order valence-corrected chi connectivity index (χ3v) is 3.80. The maximum atomic E-state index is 10.6. The summed E-state index contributed by atoms with van der Waals surface area (Å²) in [5.41, 5.74) is 0.914. The van der Waals surface area contributed by atoms with Crippen molar-refractivity contribution in [2.45, 2.75) is 33.6 Å². The molecule has 0 bridgehead atoms. The van der Waals surface area contributed by atoms with Crippen LogP contribution in [0.2, 0.25) is 0 Å². The van der Waals surface area contributed by atoms with Crippen LogP contribution in [0.4, 0.5) is 5.95 Å². The van der Waals surface area contributed by atoms with Gasteiger partial charge in [0.1, 0.15) is 0 Å². The molecule has 0 aliphatic carbocycles. The van der Waals surface area contributed by atoms with E-state index in [-0.39, 0.29) is 0 Å². The van der Waals surface area contributed by atoms with Crippen molar-refractivity contribution in [1.82, 2.24) is 9.97 Å². The Kier molecular flexibility index (Phi) is 3.64. The van der Waals surface area contributed by atoms with E-state index in [2.05, 4.69) is 35.6 Å². The van der Waals surface area contributed by atoms with E-state index in [1.165, 1.54) is 12.8 Å². The van der Waals surface area contributed by atoms with Gasteiger partial charge in [-0.25, -0.2) is 9.97 Å². The fourth-order valence-electron chi connectivity index (χ4n) is 2.50. The van der Waals surface area contributed by atoms with Gasteiger partial charge in [-0.1, -0.05) is 20.8 Å². The van der Waals surface area contributed by atoms with Crippen molar-refractivity contribution in [1.29, 1.82) is 0 Å². The number of anilines is 1. The highest BCUT2D eigenvalue weighted by atomic mass is 16.1. The summed E-state index contributed by atoms with van der Waals surface area (Å²) < 4.78 is 0. The molecule has 1 saturated heterocycles. The van der Waals surface area contributed by atoms with E-state index in [4.69, 9.17) is 0 Å². The van der Waals surface area contributed by atoms with Crippen molar-refractivity contribution in [3.8, 4) is 0 Å². The van der Waals surface area contributed by atoms with Gasteiger partial charge in [0.25, 0.3) is 0 Å². The normalized spacial score (nSPS) is 17.8. The molecule has 1 aliphatic rings. The minimum Gasteiger partial charge on any atom is -0.341 e. The van der Waals surface area contributed by atoms with Gasteiger partial charge in [-0.15, -0.1) is 0 Å². The highest BCUT2D eigenvalue weighted by molar-refractivity contribution is 5.73. The van der Waals surface area contributed by atoms with Gasteiger partial charge in [0.15, 0.2) is 6.29 Å². The first-order valence-electron chi connectivity index (χ1n) is 6.53. The summed E-state index contributed by atoms with van der Waals surface area (Å²) in [6.45, 7) is 8.93. The predicted molar refractivity (Wildman–Crippen MR) is 71.8 cm³/mol. The molecular weight excluding hydrogens is 226 g/mol. The van der Waals surface area contributed by atoms with E-state index in [0.29, 0.717) is 11.0 Å². The highest BCUT2D eigenvalue weighted by Gasteiger charge is 2.29. The van der Waals surface area contributed by atoms with Crippen LogP contribution in [0.3, 0.4) is 0 Å². The number of nitrogens with zero attached hydrogens (tertiary/aromatic N) is 3.